The van der Waals surface area contributed by atoms with Gasteiger partial charge in [0, 0.05) is 34.9 Å². The number of pyridine rings is 1. The Morgan fingerprint density at radius 1 is 1.02 bits per heavy atom. The summed E-state index contributed by atoms with van der Waals surface area (Å²) in [5.41, 5.74) is 10.1. The number of fused-ring (bicyclic) bond motifs is 3. The summed E-state index contributed by atoms with van der Waals surface area (Å²) >= 11 is 5.73. The maximum atomic E-state index is 13.8. The highest BCUT2D eigenvalue weighted by Gasteiger charge is 2.23. The van der Waals surface area contributed by atoms with Crippen molar-refractivity contribution in [3.8, 4) is 17.0 Å². The summed E-state index contributed by atoms with van der Waals surface area (Å²) in [6.45, 7) is 0.725. The Labute approximate surface area is 254 Å². The van der Waals surface area contributed by atoms with Crippen molar-refractivity contribution in [1.82, 2.24) is 20.6 Å². The predicted octanol–water partition coefficient (Wildman–Crippen LogP) is 5.18. The highest BCUT2D eigenvalue weighted by atomic mass is 35.5. The van der Waals surface area contributed by atoms with Crippen LogP contribution in [0.15, 0.2) is 89.9 Å². The first-order valence-electron chi connectivity index (χ1n) is 14.0. The molecule has 0 bridgehead atoms. The molecule has 3 aromatic carbocycles. The Kier molecular flexibility index (Phi) is 9.53. The van der Waals surface area contributed by atoms with Gasteiger partial charge in [-0.25, -0.2) is 4.98 Å². The Morgan fingerprint density at radius 2 is 1.77 bits per heavy atom. The number of nitrogens with zero attached hydrogens (tertiary/aromatic N) is 2. The smallest absolute Gasteiger partial charge is 0.270 e. The third-order valence-electron chi connectivity index (χ3n) is 7.13. The van der Waals surface area contributed by atoms with Crippen LogP contribution in [0, 0.1) is 0 Å². The van der Waals surface area contributed by atoms with E-state index in [-0.39, 0.29) is 17.5 Å². The zero-order valence-electron chi connectivity index (χ0n) is 23.8. The number of methoxy groups -OCH3 is 1. The van der Waals surface area contributed by atoms with Crippen molar-refractivity contribution in [2.75, 3.05) is 19.5 Å². The average Bonchev–Trinajstić information content (AvgIpc) is 3.43. The molecule has 2 amide bonds. The average molecular weight is 597 g/mol. The van der Waals surface area contributed by atoms with Crippen LogP contribution in [0.3, 0.4) is 0 Å². The summed E-state index contributed by atoms with van der Waals surface area (Å²) in [4.78, 5) is 39.5. The first-order chi connectivity index (χ1) is 21.0. The van der Waals surface area contributed by atoms with E-state index in [1.54, 1.807) is 13.2 Å². The number of alkyl halides is 1. The molecule has 9 nitrogen and oxygen atoms in total. The van der Waals surface area contributed by atoms with E-state index in [0.29, 0.717) is 43.2 Å². The lowest BCUT2D eigenvalue weighted by Crippen LogP contribution is -2.46. The Bertz CT molecular complexity index is 1750. The molecular weight excluding hydrogens is 564 g/mol. The van der Waals surface area contributed by atoms with Gasteiger partial charge in [-0.15, -0.1) is 11.6 Å². The maximum absolute atomic E-state index is 13.8. The van der Waals surface area contributed by atoms with E-state index >= 15 is 0 Å². The number of hydrogen-bond donors (Lipinski definition) is 4. The molecule has 1 atom stereocenters. The normalized spacial score (nSPS) is 12.3. The monoisotopic (exact) mass is 596 g/mol. The zero-order chi connectivity index (χ0) is 30.2. The molecule has 2 heterocycles. The van der Waals surface area contributed by atoms with Gasteiger partial charge < -0.3 is 26.1 Å². The quantitative estimate of drug-likeness (QED) is 0.0681. The molecule has 5 N–H and O–H groups in total. The van der Waals surface area contributed by atoms with Crippen LogP contribution in [0.1, 0.15) is 28.9 Å². The SMILES string of the molecule is COc1ccc(-c2nc(C(=O)N[C@@H](CCCN=C(N)CCl)C(=O)NCc3ccccc3)cc3c2[nH]c2ccccc23)cc1. The van der Waals surface area contributed by atoms with E-state index in [1.807, 2.05) is 78.9 Å². The number of nitrogens with two attached hydrogens (primary N) is 1. The number of ether oxygens (including phenoxy) is 1. The maximum Gasteiger partial charge on any atom is 0.270 e. The molecule has 0 fully saturated rings. The fraction of sp³-hybridized carbons (Fsp3) is 0.212. The van der Waals surface area contributed by atoms with Crippen LogP contribution in [-0.2, 0) is 11.3 Å². The van der Waals surface area contributed by atoms with Crippen molar-refractivity contribution >= 4 is 51.1 Å². The second kappa shape index (κ2) is 13.8. The third kappa shape index (κ3) is 7.13. The number of amidine groups is 1. The number of para-hydroxylation sites is 1. The van der Waals surface area contributed by atoms with E-state index in [2.05, 4.69) is 20.6 Å². The fourth-order valence-corrected chi connectivity index (χ4v) is 4.97. The second-order valence-electron chi connectivity index (χ2n) is 10.1. The number of rotatable bonds is 12. The summed E-state index contributed by atoms with van der Waals surface area (Å²) < 4.78 is 5.32. The molecule has 43 heavy (non-hydrogen) atoms. The molecule has 0 aliphatic rings. The Morgan fingerprint density at radius 3 is 2.51 bits per heavy atom. The van der Waals surface area contributed by atoms with Crippen molar-refractivity contribution in [1.29, 1.82) is 0 Å². The molecule has 5 aromatic rings. The van der Waals surface area contributed by atoms with E-state index in [4.69, 9.17) is 27.1 Å². The molecular formula is C33H33ClN6O3. The minimum atomic E-state index is -0.812. The number of carbonyl (C=O) groups excluding carboxylic acids is 2. The fourth-order valence-electron chi connectivity index (χ4n) is 4.89. The van der Waals surface area contributed by atoms with Gasteiger partial charge in [0.15, 0.2) is 0 Å². The van der Waals surface area contributed by atoms with Gasteiger partial charge in [0.1, 0.15) is 23.3 Å². The van der Waals surface area contributed by atoms with Gasteiger partial charge in [-0.1, -0.05) is 48.5 Å². The number of halogens is 1. The predicted molar refractivity (Wildman–Crippen MR) is 172 cm³/mol. The molecule has 0 saturated heterocycles. The number of H-pyrrole nitrogens is 1. The summed E-state index contributed by atoms with van der Waals surface area (Å²) in [5.74, 6) is 0.432. The zero-order valence-corrected chi connectivity index (χ0v) is 24.5. The van der Waals surface area contributed by atoms with Crippen LogP contribution in [-0.4, -0.2) is 53.2 Å². The van der Waals surface area contributed by atoms with E-state index < -0.39 is 11.9 Å². The van der Waals surface area contributed by atoms with E-state index in [1.165, 1.54) is 0 Å². The molecule has 10 heteroatoms. The number of nitrogens with one attached hydrogen (secondary N) is 3. The van der Waals surface area contributed by atoms with E-state index in [0.717, 1.165) is 32.9 Å². The number of amides is 2. The van der Waals surface area contributed by atoms with Gasteiger partial charge in [-0.3, -0.25) is 14.6 Å². The van der Waals surface area contributed by atoms with Crippen LogP contribution >= 0.6 is 11.6 Å². The van der Waals surface area contributed by atoms with Gasteiger partial charge >= 0.3 is 0 Å². The molecule has 0 radical (unpaired) electrons. The molecule has 0 spiro atoms. The van der Waals surface area contributed by atoms with Crippen LogP contribution in [0.4, 0.5) is 0 Å². The van der Waals surface area contributed by atoms with Crippen LogP contribution in [0.5, 0.6) is 5.75 Å². The number of aliphatic imine (C=N–C) groups is 1. The van der Waals surface area contributed by atoms with Crippen molar-refractivity contribution in [3.05, 3.63) is 96.2 Å². The number of aromatic nitrogens is 2. The van der Waals surface area contributed by atoms with E-state index in [9.17, 15) is 9.59 Å². The molecule has 5 rings (SSSR count). The largest absolute Gasteiger partial charge is 0.497 e. The highest BCUT2D eigenvalue weighted by Crippen LogP contribution is 2.33. The van der Waals surface area contributed by atoms with Crippen LogP contribution in [0.2, 0.25) is 0 Å². The topological polar surface area (TPSA) is 134 Å². The number of benzene rings is 3. The third-order valence-corrected chi connectivity index (χ3v) is 7.40. The number of aromatic amines is 1. The van der Waals surface area contributed by atoms with Crippen molar-refractivity contribution < 1.29 is 14.3 Å². The van der Waals surface area contributed by atoms with Crippen LogP contribution in [0.25, 0.3) is 33.1 Å². The highest BCUT2D eigenvalue weighted by molar-refractivity contribution is 6.28. The first-order valence-corrected chi connectivity index (χ1v) is 14.5. The summed E-state index contributed by atoms with van der Waals surface area (Å²) in [5, 5.41) is 7.69. The Balaban J connectivity index is 1.45. The summed E-state index contributed by atoms with van der Waals surface area (Å²) in [6, 6.07) is 26.0. The molecule has 2 aromatic heterocycles. The van der Waals surface area contributed by atoms with Crippen molar-refractivity contribution in [2.45, 2.75) is 25.4 Å². The first kappa shape index (κ1) is 29.6. The number of carbonyl (C=O) groups is 2. The van der Waals surface area contributed by atoms with Gasteiger partial charge in [-0.05, 0) is 54.8 Å². The number of hydrogen-bond acceptors (Lipinski definition) is 5. The van der Waals surface area contributed by atoms with Gasteiger partial charge in [0.05, 0.1) is 24.2 Å². The molecule has 0 unspecified atom stereocenters. The van der Waals surface area contributed by atoms with Gasteiger partial charge in [-0.2, -0.15) is 0 Å². The lowest BCUT2D eigenvalue weighted by molar-refractivity contribution is -0.123. The van der Waals surface area contributed by atoms with Crippen molar-refractivity contribution in [2.24, 2.45) is 10.7 Å². The van der Waals surface area contributed by atoms with Gasteiger partial charge in [0.25, 0.3) is 5.91 Å². The Hall–Kier alpha value is -4.89. The standard InChI is InChI=1S/C33H33ClN6O3/c1-43-23-15-13-22(14-16-23)30-31-25(24-10-5-6-11-26(24)38-31)18-28(39-30)33(42)40-27(12-7-17-36-29(35)19-34)32(41)37-20-21-8-3-2-4-9-21/h2-6,8-11,13-16,18,27,38H,7,12,17,19-20H2,1H3,(H2,35,36)(H,37,41)(H,40,42)/t27-/m0/s1. The second-order valence-corrected chi connectivity index (χ2v) is 10.3. The molecule has 0 aliphatic heterocycles. The molecule has 0 aliphatic carbocycles. The van der Waals surface area contributed by atoms with Crippen LogP contribution < -0.4 is 21.1 Å². The summed E-state index contributed by atoms with van der Waals surface area (Å²) in [6.07, 6.45) is 0.874. The lowest BCUT2D eigenvalue weighted by Gasteiger charge is -2.18. The van der Waals surface area contributed by atoms with Crippen molar-refractivity contribution in [3.63, 3.8) is 0 Å². The van der Waals surface area contributed by atoms with Gasteiger partial charge in [0.2, 0.25) is 5.91 Å². The lowest BCUT2D eigenvalue weighted by atomic mass is 10.1. The molecule has 0 saturated carbocycles. The molecule has 220 valence electrons. The minimum absolute atomic E-state index is 0.135. The summed E-state index contributed by atoms with van der Waals surface area (Å²) in [7, 11) is 1.61. The minimum Gasteiger partial charge on any atom is -0.497 e.